The van der Waals surface area contributed by atoms with Crippen molar-refractivity contribution in [3.05, 3.63) is 60.0 Å². The summed E-state index contributed by atoms with van der Waals surface area (Å²) in [4.78, 5) is 15.2. The molecule has 6 nitrogen and oxygen atoms in total. The van der Waals surface area contributed by atoms with Crippen LogP contribution in [0.25, 0.3) is 11.3 Å². The number of ether oxygens (including phenoxy) is 1. The van der Waals surface area contributed by atoms with Gasteiger partial charge in [0.1, 0.15) is 12.4 Å². The van der Waals surface area contributed by atoms with Crippen LogP contribution in [0.4, 0.5) is 0 Å². The van der Waals surface area contributed by atoms with Crippen LogP contribution in [0.3, 0.4) is 0 Å². The molecule has 6 heteroatoms. The Hall–Kier alpha value is -3.02. The number of aryl methyl sites for hydroxylation is 1. The van der Waals surface area contributed by atoms with E-state index in [1.807, 2.05) is 43.3 Å². The van der Waals surface area contributed by atoms with Crippen molar-refractivity contribution in [1.29, 1.82) is 0 Å². The summed E-state index contributed by atoms with van der Waals surface area (Å²) in [6, 6.07) is 11.5. The molecule has 0 unspecified atom stereocenters. The lowest BCUT2D eigenvalue weighted by atomic mass is 10.1. The predicted octanol–water partition coefficient (Wildman–Crippen LogP) is 2.54. The first-order valence-corrected chi connectivity index (χ1v) is 7.26. The number of aldehydes is 1. The van der Waals surface area contributed by atoms with E-state index < -0.39 is 0 Å². The van der Waals surface area contributed by atoms with Crippen LogP contribution in [0, 0.1) is 6.92 Å². The molecule has 0 aliphatic carbocycles. The predicted molar refractivity (Wildman–Crippen MR) is 85.3 cm³/mol. The van der Waals surface area contributed by atoms with E-state index in [0.717, 1.165) is 11.3 Å². The normalized spacial score (nSPS) is 10.5. The van der Waals surface area contributed by atoms with E-state index in [1.165, 1.54) is 5.56 Å². The molecule has 0 spiro atoms. The van der Waals surface area contributed by atoms with Gasteiger partial charge in [0.25, 0.3) is 0 Å². The van der Waals surface area contributed by atoms with Gasteiger partial charge in [0.2, 0.25) is 0 Å². The van der Waals surface area contributed by atoms with Crippen molar-refractivity contribution in [2.45, 2.75) is 13.5 Å². The number of hydrogen-bond acceptors (Lipinski definition) is 5. The molecule has 0 bridgehead atoms. The minimum absolute atomic E-state index is 0.312. The van der Waals surface area contributed by atoms with E-state index in [1.54, 1.807) is 17.1 Å². The minimum atomic E-state index is 0.312. The van der Waals surface area contributed by atoms with Crippen molar-refractivity contribution in [2.24, 2.45) is 0 Å². The number of carbonyl (C=O) groups excluding carboxylic acids is 1. The van der Waals surface area contributed by atoms with Crippen LogP contribution < -0.4 is 4.74 Å². The van der Waals surface area contributed by atoms with E-state index in [0.29, 0.717) is 30.8 Å². The van der Waals surface area contributed by atoms with Gasteiger partial charge in [0.05, 0.1) is 12.2 Å². The van der Waals surface area contributed by atoms with Crippen molar-refractivity contribution in [1.82, 2.24) is 20.0 Å². The standard InChI is InChI=1S/C17H16N4O2/c1-13-2-4-15(5-3-13)23-11-10-21-17(16(12-22)19-20-21)14-6-8-18-9-7-14/h2-9,12H,10-11H2,1H3. The van der Waals surface area contributed by atoms with Gasteiger partial charge < -0.3 is 4.74 Å². The van der Waals surface area contributed by atoms with Crippen molar-refractivity contribution in [3.8, 4) is 17.0 Å². The Morgan fingerprint density at radius 3 is 2.57 bits per heavy atom. The van der Waals surface area contributed by atoms with Gasteiger partial charge in [-0.25, -0.2) is 4.68 Å². The number of benzene rings is 1. The van der Waals surface area contributed by atoms with Crippen LogP contribution in [-0.4, -0.2) is 32.9 Å². The third-order valence-electron chi connectivity index (χ3n) is 3.42. The Kier molecular flexibility index (Phi) is 4.42. The van der Waals surface area contributed by atoms with Crippen LogP contribution in [0.5, 0.6) is 5.75 Å². The SMILES string of the molecule is Cc1ccc(OCCn2nnc(C=O)c2-c2ccncc2)cc1. The average Bonchev–Trinajstić information content (AvgIpc) is 3.00. The molecule has 23 heavy (non-hydrogen) atoms. The van der Waals surface area contributed by atoms with Crippen molar-refractivity contribution in [2.75, 3.05) is 6.61 Å². The zero-order chi connectivity index (χ0) is 16.1. The van der Waals surface area contributed by atoms with Gasteiger partial charge in [-0.2, -0.15) is 0 Å². The first-order chi connectivity index (χ1) is 11.3. The van der Waals surface area contributed by atoms with Gasteiger partial charge >= 0.3 is 0 Å². The van der Waals surface area contributed by atoms with Gasteiger partial charge in [0.15, 0.2) is 12.0 Å². The first-order valence-electron chi connectivity index (χ1n) is 7.26. The molecule has 0 aliphatic rings. The Morgan fingerprint density at radius 1 is 1.13 bits per heavy atom. The summed E-state index contributed by atoms with van der Waals surface area (Å²) in [6.45, 7) is 2.95. The molecule has 2 heterocycles. The minimum Gasteiger partial charge on any atom is -0.492 e. The van der Waals surface area contributed by atoms with Crippen LogP contribution in [0.15, 0.2) is 48.8 Å². The third kappa shape index (κ3) is 3.42. The molecule has 116 valence electrons. The molecule has 0 saturated carbocycles. The lowest BCUT2D eigenvalue weighted by Crippen LogP contribution is -2.11. The molecule has 0 amide bonds. The van der Waals surface area contributed by atoms with E-state index >= 15 is 0 Å². The Morgan fingerprint density at radius 2 is 1.87 bits per heavy atom. The summed E-state index contributed by atoms with van der Waals surface area (Å²) in [5.41, 5.74) is 3.02. The van der Waals surface area contributed by atoms with Crippen LogP contribution in [0.2, 0.25) is 0 Å². The molecule has 0 fully saturated rings. The lowest BCUT2D eigenvalue weighted by molar-refractivity contribution is 0.111. The summed E-state index contributed by atoms with van der Waals surface area (Å²) in [7, 11) is 0. The van der Waals surface area contributed by atoms with Gasteiger partial charge in [-0.15, -0.1) is 5.10 Å². The molecule has 0 saturated heterocycles. The van der Waals surface area contributed by atoms with E-state index in [4.69, 9.17) is 4.74 Å². The molecule has 0 atom stereocenters. The van der Waals surface area contributed by atoms with Crippen LogP contribution in [0.1, 0.15) is 16.1 Å². The van der Waals surface area contributed by atoms with Crippen LogP contribution in [-0.2, 0) is 6.54 Å². The Balaban J connectivity index is 1.74. The largest absolute Gasteiger partial charge is 0.492 e. The molecule has 0 radical (unpaired) electrons. The second kappa shape index (κ2) is 6.83. The Labute approximate surface area is 133 Å². The molecular formula is C17H16N4O2. The summed E-state index contributed by atoms with van der Waals surface area (Å²) in [5.74, 6) is 0.803. The van der Waals surface area contributed by atoms with Gasteiger partial charge in [-0.05, 0) is 31.2 Å². The summed E-state index contributed by atoms with van der Waals surface area (Å²) in [5, 5.41) is 7.96. The number of carbonyl (C=O) groups is 1. The number of aromatic nitrogens is 4. The molecule has 3 aromatic rings. The topological polar surface area (TPSA) is 69.9 Å². The molecular weight excluding hydrogens is 292 g/mol. The molecule has 2 aromatic heterocycles. The molecule has 1 aromatic carbocycles. The highest BCUT2D eigenvalue weighted by Crippen LogP contribution is 2.20. The van der Waals surface area contributed by atoms with Gasteiger partial charge in [0, 0.05) is 18.0 Å². The number of nitrogens with zero attached hydrogens (tertiary/aromatic N) is 4. The molecule has 0 N–H and O–H groups in total. The van der Waals surface area contributed by atoms with E-state index in [2.05, 4.69) is 15.3 Å². The van der Waals surface area contributed by atoms with E-state index in [9.17, 15) is 4.79 Å². The van der Waals surface area contributed by atoms with Crippen molar-refractivity contribution in [3.63, 3.8) is 0 Å². The Bertz CT molecular complexity index is 782. The number of hydrogen-bond donors (Lipinski definition) is 0. The lowest BCUT2D eigenvalue weighted by Gasteiger charge is -2.09. The first kappa shape index (κ1) is 14.9. The molecule has 0 aliphatic heterocycles. The second-order valence-corrected chi connectivity index (χ2v) is 5.06. The summed E-state index contributed by atoms with van der Waals surface area (Å²) in [6.07, 6.45) is 4.05. The fraction of sp³-hybridized carbons (Fsp3) is 0.176. The second-order valence-electron chi connectivity index (χ2n) is 5.06. The number of pyridine rings is 1. The highest BCUT2D eigenvalue weighted by atomic mass is 16.5. The van der Waals surface area contributed by atoms with Crippen molar-refractivity contribution >= 4 is 6.29 Å². The maximum Gasteiger partial charge on any atom is 0.172 e. The van der Waals surface area contributed by atoms with E-state index in [-0.39, 0.29) is 0 Å². The maximum absolute atomic E-state index is 11.2. The fourth-order valence-corrected chi connectivity index (χ4v) is 2.25. The zero-order valence-electron chi connectivity index (χ0n) is 12.7. The maximum atomic E-state index is 11.2. The summed E-state index contributed by atoms with van der Waals surface area (Å²) >= 11 is 0. The van der Waals surface area contributed by atoms with Gasteiger partial charge in [-0.3, -0.25) is 9.78 Å². The smallest absolute Gasteiger partial charge is 0.172 e. The zero-order valence-corrected chi connectivity index (χ0v) is 12.7. The third-order valence-corrected chi connectivity index (χ3v) is 3.42. The monoisotopic (exact) mass is 308 g/mol. The quantitative estimate of drug-likeness (QED) is 0.654. The highest BCUT2D eigenvalue weighted by molar-refractivity contribution is 5.83. The fourth-order valence-electron chi connectivity index (χ4n) is 2.25. The van der Waals surface area contributed by atoms with Gasteiger partial charge in [-0.1, -0.05) is 22.9 Å². The highest BCUT2D eigenvalue weighted by Gasteiger charge is 2.14. The average molecular weight is 308 g/mol. The van der Waals surface area contributed by atoms with Crippen LogP contribution >= 0.6 is 0 Å². The summed E-state index contributed by atoms with van der Waals surface area (Å²) < 4.78 is 7.38. The van der Waals surface area contributed by atoms with Crippen molar-refractivity contribution < 1.29 is 9.53 Å². The number of rotatable bonds is 6. The molecule has 3 rings (SSSR count).